The minimum Gasteiger partial charge on any atom is -0.355 e. The molecule has 0 unspecified atom stereocenters. The Bertz CT molecular complexity index is 727. The Morgan fingerprint density at radius 1 is 1.17 bits per heavy atom. The van der Waals surface area contributed by atoms with Gasteiger partial charge in [-0.15, -0.1) is 0 Å². The molecule has 0 atom stereocenters. The number of halogens is 3. The van der Waals surface area contributed by atoms with E-state index < -0.39 is 11.7 Å². The van der Waals surface area contributed by atoms with Crippen molar-refractivity contribution in [3.8, 4) is 0 Å². The summed E-state index contributed by atoms with van der Waals surface area (Å²) in [4.78, 5) is 15.9. The van der Waals surface area contributed by atoms with Gasteiger partial charge in [0.2, 0.25) is 0 Å². The molecule has 1 aromatic heterocycles. The lowest BCUT2D eigenvalue weighted by molar-refractivity contribution is -0.136. The molecule has 2 N–H and O–H groups in total. The average Bonchev–Trinajstić information content (AvgIpc) is 3.31. The standard InChI is InChI=1S/C16H14F3N3O/c17-16(18,19)12-3-1-2-4-13(12)21-11-7-8-20-14(9-11)15(23)22-10-5-6-10/h1-4,7-10H,5-6H2,(H,20,21)(H,22,23). The molecular formula is C16H14F3N3O. The van der Waals surface area contributed by atoms with Crippen LogP contribution in [0.5, 0.6) is 0 Å². The molecule has 1 amide bonds. The fourth-order valence-electron chi connectivity index (χ4n) is 2.11. The summed E-state index contributed by atoms with van der Waals surface area (Å²) in [5.74, 6) is -0.319. The summed E-state index contributed by atoms with van der Waals surface area (Å²) in [5, 5.41) is 5.49. The Hall–Kier alpha value is -2.57. The van der Waals surface area contributed by atoms with Crippen molar-refractivity contribution < 1.29 is 18.0 Å². The Balaban J connectivity index is 1.82. The van der Waals surface area contributed by atoms with Crippen LogP contribution in [0.25, 0.3) is 0 Å². The van der Waals surface area contributed by atoms with Gasteiger partial charge in [0.05, 0.1) is 11.3 Å². The lowest BCUT2D eigenvalue weighted by atomic mass is 10.1. The second-order valence-electron chi connectivity index (χ2n) is 5.35. The van der Waals surface area contributed by atoms with Crippen LogP contribution in [0.3, 0.4) is 0 Å². The van der Waals surface area contributed by atoms with Gasteiger partial charge in [0, 0.05) is 17.9 Å². The maximum Gasteiger partial charge on any atom is 0.418 e. The highest BCUT2D eigenvalue weighted by Gasteiger charge is 2.33. The van der Waals surface area contributed by atoms with E-state index in [9.17, 15) is 18.0 Å². The molecule has 23 heavy (non-hydrogen) atoms. The minimum absolute atomic E-state index is 0.0697. The Kier molecular flexibility index (Phi) is 3.94. The first-order valence-electron chi connectivity index (χ1n) is 7.13. The highest BCUT2D eigenvalue weighted by atomic mass is 19.4. The number of carbonyl (C=O) groups excluding carboxylic acids is 1. The molecule has 1 aliphatic carbocycles. The molecule has 0 radical (unpaired) electrons. The second-order valence-corrected chi connectivity index (χ2v) is 5.35. The van der Waals surface area contributed by atoms with Crippen LogP contribution in [-0.4, -0.2) is 16.9 Å². The number of para-hydroxylation sites is 1. The number of alkyl halides is 3. The molecule has 0 bridgehead atoms. The van der Waals surface area contributed by atoms with E-state index in [1.165, 1.54) is 36.5 Å². The molecule has 0 aliphatic heterocycles. The van der Waals surface area contributed by atoms with Gasteiger partial charge in [0.1, 0.15) is 5.69 Å². The van der Waals surface area contributed by atoms with Crippen molar-refractivity contribution in [2.75, 3.05) is 5.32 Å². The van der Waals surface area contributed by atoms with Crippen LogP contribution in [0.4, 0.5) is 24.5 Å². The molecule has 0 spiro atoms. The zero-order valence-electron chi connectivity index (χ0n) is 12.0. The third kappa shape index (κ3) is 3.80. The molecule has 2 aromatic rings. The van der Waals surface area contributed by atoms with E-state index in [-0.39, 0.29) is 23.3 Å². The molecule has 3 rings (SSSR count). The molecule has 120 valence electrons. The highest BCUT2D eigenvalue weighted by molar-refractivity contribution is 5.93. The van der Waals surface area contributed by atoms with Crippen LogP contribution in [0.1, 0.15) is 28.9 Å². The van der Waals surface area contributed by atoms with Crippen LogP contribution in [0.2, 0.25) is 0 Å². The second kappa shape index (κ2) is 5.91. The van der Waals surface area contributed by atoms with Gasteiger partial charge in [-0.1, -0.05) is 12.1 Å². The number of hydrogen-bond donors (Lipinski definition) is 2. The van der Waals surface area contributed by atoms with E-state index >= 15 is 0 Å². The predicted octanol–water partition coefficient (Wildman–Crippen LogP) is 3.74. The first-order chi connectivity index (χ1) is 10.9. The van der Waals surface area contributed by atoms with E-state index in [4.69, 9.17) is 0 Å². The lowest BCUT2D eigenvalue weighted by Gasteiger charge is -2.14. The normalized spacial score (nSPS) is 14.4. The number of anilines is 2. The number of aromatic nitrogens is 1. The summed E-state index contributed by atoms with van der Waals surface area (Å²) in [6, 6.07) is 8.32. The number of rotatable bonds is 4. The Morgan fingerprint density at radius 3 is 2.61 bits per heavy atom. The molecule has 1 saturated carbocycles. The van der Waals surface area contributed by atoms with Gasteiger partial charge in [0.15, 0.2) is 0 Å². The maximum absolute atomic E-state index is 13.0. The minimum atomic E-state index is -4.46. The largest absolute Gasteiger partial charge is 0.418 e. The van der Waals surface area contributed by atoms with E-state index in [0.29, 0.717) is 5.69 Å². The van der Waals surface area contributed by atoms with Crippen molar-refractivity contribution in [3.63, 3.8) is 0 Å². The van der Waals surface area contributed by atoms with Gasteiger partial charge in [-0.25, -0.2) is 0 Å². The lowest BCUT2D eigenvalue weighted by Crippen LogP contribution is -2.26. The molecular weight excluding hydrogens is 307 g/mol. The molecule has 1 fully saturated rings. The van der Waals surface area contributed by atoms with Gasteiger partial charge in [-0.3, -0.25) is 9.78 Å². The number of pyridine rings is 1. The highest BCUT2D eigenvalue weighted by Crippen LogP contribution is 2.35. The fraction of sp³-hybridized carbons (Fsp3) is 0.250. The number of nitrogens with zero attached hydrogens (tertiary/aromatic N) is 1. The van der Waals surface area contributed by atoms with Crippen LogP contribution < -0.4 is 10.6 Å². The summed E-state index contributed by atoms with van der Waals surface area (Å²) in [6.07, 6.45) is -1.17. The van der Waals surface area contributed by atoms with Crippen molar-refractivity contribution in [2.45, 2.75) is 25.1 Å². The summed E-state index contributed by atoms with van der Waals surface area (Å²) in [5.41, 5.74) is -0.287. The summed E-state index contributed by atoms with van der Waals surface area (Å²) < 4.78 is 39.0. The van der Waals surface area contributed by atoms with Crippen LogP contribution >= 0.6 is 0 Å². The molecule has 1 aromatic carbocycles. The van der Waals surface area contributed by atoms with Gasteiger partial charge in [-0.2, -0.15) is 13.2 Å². The van der Waals surface area contributed by atoms with E-state index in [1.54, 1.807) is 0 Å². The SMILES string of the molecule is O=C(NC1CC1)c1cc(Nc2ccccc2C(F)(F)F)ccn1. The van der Waals surface area contributed by atoms with Crippen molar-refractivity contribution in [2.24, 2.45) is 0 Å². The van der Waals surface area contributed by atoms with Gasteiger partial charge in [0.25, 0.3) is 5.91 Å². The van der Waals surface area contributed by atoms with Crippen LogP contribution in [0, 0.1) is 0 Å². The number of hydrogen-bond acceptors (Lipinski definition) is 3. The van der Waals surface area contributed by atoms with Gasteiger partial charge >= 0.3 is 6.18 Å². The summed E-state index contributed by atoms with van der Waals surface area (Å²) >= 11 is 0. The monoisotopic (exact) mass is 321 g/mol. The van der Waals surface area contributed by atoms with Crippen molar-refractivity contribution in [1.82, 2.24) is 10.3 Å². The van der Waals surface area contributed by atoms with E-state index in [0.717, 1.165) is 18.9 Å². The number of nitrogens with one attached hydrogen (secondary N) is 2. The van der Waals surface area contributed by atoms with Crippen molar-refractivity contribution >= 4 is 17.3 Å². The molecule has 7 heteroatoms. The average molecular weight is 321 g/mol. The van der Waals surface area contributed by atoms with Crippen LogP contribution in [-0.2, 0) is 6.18 Å². The van der Waals surface area contributed by atoms with Gasteiger partial charge < -0.3 is 10.6 Å². The maximum atomic E-state index is 13.0. The third-order valence-corrected chi connectivity index (χ3v) is 3.42. The number of benzene rings is 1. The van der Waals surface area contributed by atoms with Crippen molar-refractivity contribution in [3.05, 3.63) is 53.9 Å². The van der Waals surface area contributed by atoms with Crippen LogP contribution in [0.15, 0.2) is 42.6 Å². The number of amides is 1. The van der Waals surface area contributed by atoms with E-state index in [1.807, 2.05) is 0 Å². The van der Waals surface area contributed by atoms with Gasteiger partial charge in [-0.05, 0) is 37.1 Å². The molecule has 1 aliphatic rings. The third-order valence-electron chi connectivity index (χ3n) is 3.42. The first kappa shape index (κ1) is 15.3. The van der Waals surface area contributed by atoms with E-state index in [2.05, 4.69) is 15.6 Å². The smallest absolute Gasteiger partial charge is 0.355 e. The number of carbonyl (C=O) groups is 1. The first-order valence-corrected chi connectivity index (χ1v) is 7.13. The Morgan fingerprint density at radius 2 is 1.91 bits per heavy atom. The zero-order chi connectivity index (χ0) is 16.4. The topological polar surface area (TPSA) is 54.0 Å². The molecule has 0 saturated heterocycles. The summed E-state index contributed by atoms with van der Waals surface area (Å²) in [6.45, 7) is 0. The fourth-order valence-corrected chi connectivity index (χ4v) is 2.11. The summed E-state index contributed by atoms with van der Waals surface area (Å²) in [7, 11) is 0. The Labute approximate surface area is 130 Å². The molecule has 1 heterocycles. The zero-order valence-corrected chi connectivity index (χ0v) is 12.0. The molecule has 4 nitrogen and oxygen atoms in total. The van der Waals surface area contributed by atoms with Crippen molar-refractivity contribution in [1.29, 1.82) is 0 Å². The predicted molar refractivity (Wildman–Crippen MR) is 79.5 cm³/mol. The quantitative estimate of drug-likeness (QED) is 0.902.